The van der Waals surface area contributed by atoms with Crippen molar-refractivity contribution in [3.63, 3.8) is 0 Å². The maximum Gasteiger partial charge on any atom is 0.322 e. The van der Waals surface area contributed by atoms with Crippen molar-refractivity contribution in [1.82, 2.24) is 14.3 Å². The molecule has 2 N–H and O–H groups in total. The number of H-pyrrole nitrogens is 1. The molecule has 7 nitrogen and oxygen atoms in total. The fraction of sp³-hybridized carbons (Fsp3) is 0.500. The lowest BCUT2D eigenvalue weighted by atomic mass is 10.3. The summed E-state index contributed by atoms with van der Waals surface area (Å²) in [7, 11) is -3.79. The summed E-state index contributed by atoms with van der Waals surface area (Å²) in [6, 6.07) is -1.01. The standard InChI is InChI=1S/C8H11N3O4S2/c12-8(13)6-4-16-2-1-11(6)17(14,15)7-3-9-5-10-7/h3,5-6H,1-2,4H2,(H,9,10)(H,12,13). The summed E-state index contributed by atoms with van der Waals surface area (Å²) in [6.07, 6.45) is 2.43. The second-order valence-corrected chi connectivity index (χ2v) is 6.47. The van der Waals surface area contributed by atoms with Crippen molar-refractivity contribution in [3.05, 3.63) is 12.5 Å². The second-order valence-electron chi connectivity index (χ2n) is 3.46. The molecule has 1 aliphatic rings. The van der Waals surface area contributed by atoms with E-state index >= 15 is 0 Å². The Morgan fingerprint density at radius 3 is 3.00 bits per heavy atom. The van der Waals surface area contributed by atoms with Gasteiger partial charge in [0.1, 0.15) is 6.04 Å². The highest BCUT2D eigenvalue weighted by atomic mass is 32.2. The van der Waals surface area contributed by atoms with E-state index in [9.17, 15) is 13.2 Å². The molecule has 0 radical (unpaired) electrons. The monoisotopic (exact) mass is 277 g/mol. The Balaban J connectivity index is 2.34. The van der Waals surface area contributed by atoms with Gasteiger partial charge in [0.25, 0.3) is 10.0 Å². The van der Waals surface area contributed by atoms with E-state index in [1.54, 1.807) is 0 Å². The van der Waals surface area contributed by atoms with E-state index in [-0.39, 0.29) is 17.3 Å². The van der Waals surface area contributed by atoms with E-state index < -0.39 is 22.0 Å². The first-order chi connectivity index (χ1) is 8.03. The average molecular weight is 277 g/mol. The van der Waals surface area contributed by atoms with Crippen LogP contribution in [-0.4, -0.2) is 57.9 Å². The largest absolute Gasteiger partial charge is 0.480 e. The molecule has 1 saturated heterocycles. The zero-order valence-corrected chi connectivity index (χ0v) is 10.4. The van der Waals surface area contributed by atoms with Gasteiger partial charge in [0.15, 0.2) is 5.03 Å². The first-order valence-electron chi connectivity index (χ1n) is 4.84. The topological polar surface area (TPSA) is 103 Å². The molecule has 1 atom stereocenters. The van der Waals surface area contributed by atoms with Crippen molar-refractivity contribution < 1.29 is 18.3 Å². The van der Waals surface area contributed by atoms with Crippen LogP contribution in [0.1, 0.15) is 0 Å². The van der Waals surface area contributed by atoms with Crippen molar-refractivity contribution in [3.8, 4) is 0 Å². The van der Waals surface area contributed by atoms with Gasteiger partial charge in [-0.25, -0.2) is 13.4 Å². The number of carboxylic acid groups (broad SMARTS) is 1. The predicted octanol–water partition coefficient (Wildman–Crippen LogP) is -0.400. The minimum absolute atomic E-state index is 0.0735. The Hall–Kier alpha value is -1.06. The fourth-order valence-electron chi connectivity index (χ4n) is 1.58. The van der Waals surface area contributed by atoms with Crippen molar-refractivity contribution in [1.29, 1.82) is 0 Å². The minimum atomic E-state index is -3.79. The molecule has 0 aromatic carbocycles. The number of aliphatic carboxylic acids is 1. The van der Waals surface area contributed by atoms with Gasteiger partial charge in [-0.2, -0.15) is 16.1 Å². The minimum Gasteiger partial charge on any atom is -0.480 e. The molecule has 0 spiro atoms. The molecule has 2 rings (SSSR count). The van der Waals surface area contributed by atoms with Gasteiger partial charge in [-0.1, -0.05) is 0 Å². The number of thioether (sulfide) groups is 1. The fourth-order valence-corrected chi connectivity index (χ4v) is 4.31. The first-order valence-corrected chi connectivity index (χ1v) is 7.43. The number of hydrogen-bond acceptors (Lipinski definition) is 5. The maximum absolute atomic E-state index is 12.1. The highest BCUT2D eigenvalue weighted by Crippen LogP contribution is 2.23. The molecule has 0 aliphatic carbocycles. The third-order valence-corrected chi connectivity index (χ3v) is 5.28. The summed E-state index contributed by atoms with van der Waals surface area (Å²) < 4.78 is 25.3. The van der Waals surface area contributed by atoms with Crippen molar-refractivity contribution in [2.75, 3.05) is 18.1 Å². The number of hydrogen-bond donors (Lipinski definition) is 2. The molecule has 17 heavy (non-hydrogen) atoms. The molecule has 0 bridgehead atoms. The van der Waals surface area contributed by atoms with Crippen LogP contribution in [0.4, 0.5) is 0 Å². The summed E-state index contributed by atoms with van der Waals surface area (Å²) >= 11 is 1.44. The van der Waals surface area contributed by atoms with Crippen LogP contribution < -0.4 is 0 Å². The lowest BCUT2D eigenvalue weighted by Gasteiger charge is -2.30. The van der Waals surface area contributed by atoms with E-state index in [1.807, 2.05) is 0 Å². The normalized spacial score (nSPS) is 22.5. The van der Waals surface area contributed by atoms with Gasteiger partial charge in [-0.3, -0.25) is 4.79 Å². The second kappa shape index (κ2) is 4.67. The summed E-state index contributed by atoms with van der Waals surface area (Å²) in [4.78, 5) is 17.2. The van der Waals surface area contributed by atoms with Gasteiger partial charge in [-0.15, -0.1) is 0 Å². The summed E-state index contributed by atoms with van der Waals surface area (Å²) in [6.45, 7) is 0.197. The van der Waals surface area contributed by atoms with Gasteiger partial charge < -0.3 is 10.1 Å². The van der Waals surface area contributed by atoms with Crippen molar-refractivity contribution in [2.24, 2.45) is 0 Å². The molecular formula is C8H11N3O4S2. The van der Waals surface area contributed by atoms with E-state index in [1.165, 1.54) is 24.3 Å². The Bertz CT molecular complexity index is 499. The highest BCUT2D eigenvalue weighted by molar-refractivity contribution is 7.99. The molecule has 1 aliphatic heterocycles. The summed E-state index contributed by atoms with van der Waals surface area (Å²) in [5.74, 6) is -0.264. The zero-order valence-electron chi connectivity index (χ0n) is 8.74. The third-order valence-electron chi connectivity index (χ3n) is 2.42. The summed E-state index contributed by atoms with van der Waals surface area (Å²) in [5, 5.41) is 8.95. The average Bonchev–Trinajstić information content (AvgIpc) is 2.83. The number of sulfonamides is 1. The molecular weight excluding hydrogens is 266 g/mol. The Morgan fingerprint density at radius 1 is 1.65 bits per heavy atom. The van der Waals surface area contributed by atoms with Crippen LogP contribution in [0.15, 0.2) is 17.6 Å². The smallest absolute Gasteiger partial charge is 0.322 e. The SMILES string of the molecule is O=C(O)C1CSCCN1S(=O)(=O)c1cnc[nH]1. The molecule has 1 unspecified atom stereocenters. The predicted molar refractivity (Wildman–Crippen MR) is 61.2 cm³/mol. The Morgan fingerprint density at radius 2 is 2.41 bits per heavy atom. The zero-order chi connectivity index (χ0) is 12.5. The first kappa shape index (κ1) is 12.4. The molecule has 0 amide bonds. The van der Waals surface area contributed by atoms with E-state index in [0.717, 1.165) is 4.31 Å². The molecule has 1 aromatic heterocycles. The number of carboxylic acids is 1. The number of nitrogens with zero attached hydrogens (tertiary/aromatic N) is 2. The number of aromatic amines is 1. The quantitative estimate of drug-likeness (QED) is 0.779. The molecule has 0 saturated carbocycles. The van der Waals surface area contributed by atoms with Crippen LogP contribution in [-0.2, 0) is 14.8 Å². The molecule has 94 valence electrons. The van der Waals surface area contributed by atoms with E-state index in [2.05, 4.69) is 9.97 Å². The van der Waals surface area contributed by atoms with Gasteiger partial charge in [-0.05, 0) is 0 Å². The number of rotatable bonds is 3. The van der Waals surface area contributed by atoms with E-state index in [4.69, 9.17) is 5.11 Å². The maximum atomic E-state index is 12.1. The number of aromatic nitrogens is 2. The highest BCUT2D eigenvalue weighted by Gasteiger charge is 2.38. The van der Waals surface area contributed by atoms with E-state index in [0.29, 0.717) is 5.75 Å². The molecule has 1 aromatic rings. The Kier molecular flexibility index (Phi) is 3.40. The van der Waals surface area contributed by atoms with Crippen LogP contribution >= 0.6 is 11.8 Å². The van der Waals surface area contributed by atoms with Gasteiger partial charge in [0.05, 0.1) is 12.5 Å². The number of nitrogens with one attached hydrogen (secondary N) is 1. The number of carbonyl (C=O) groups is 1. The lowest BCUT2D eigenvalue weighted by molar-refractivity contribution is -0.140. The lowest BCUT2D eigenvalue weighted by Crippen LogP contribution is -2.50. The van der Waals surface area contributed by atoms with Gasteiger partial charge in [0, 0.05) is 18.1 Å². The van der Waals surface area contributed by atoms with Gasteiger partial charge in [0.2, 0.25) is 0 Å². The van der Waals surface area contributed by atoms with Gasteiger partial charge >= 0.3 is 5.97 Å². The third kappa shape index (κ3) is 2.31. The molecule has 9 heteroatoms. The molecule has 1 fully saturated rings. The molecule has 2 heterocycles. The van der Waals surface area contributed by atoms with Crippen LogP contribution in [0.25, 0.3) is 0 Å². The number of imidazole rings is 1. The van der Waals surface area contributed by atoms with Crippen LogP contribution in [0.2, 0.25) is 0 Å². The van der Waals surface area contributed by atoms with Crippen LogP contribution in [0, 0.1) is 0 Å². The van der Waals surface area contributed by atoms with Crippen LogP contribution in [0.5, 0.6) is 0 Å². The van der Waals surface area contributed by atoms with Crippen molar-refractivity contribution in [2.45, 2.75) is 11.1 Å². The van der Waals surface area contributed by atoms with Crippen LogP contribution in [0.3, 0.4) is 0 Å². The Labute approximate surface area is 102 Å². The van der Waals surface area contributed by atoms with Crippen molar-refractivity contribution >= 4 is 27.8 Å². The summed E-state index contributed by atoms with van der Waals surface area (Å²) in [5.41, 5.74) is 0.